The number of benzene rings is 2. The molecule has 0 heterocycles. The van der Waals surface area contributed by atoms with E-state index in [0.29, 0.717) is 34.8 Å². The van der Waals surface area contributed by atoms with E-state index in [1.165, 1.54) is 0 Å². The normalized spacial score (nSPS) is 10.7. The number of hydrogen-bond acceptors (Lipinski definition) is 3. The molecule has 2 aromatic rings. The smallest absolute Gasteiger partial charge is 0.253 e. The summed E-state index contributed by atoms with van der Waals surface area (Å²) < 4.78 is 0. The first kappa shape index (κ1) is 23.8. The third-order valence-corrected chi connectivity index (χ3v) is 4.82. The van der Waals surface area contributed by atoms with E-state index in [9.17, 15) is 9.59 Å². The fourth-order valence-corrected chi connectivity index (χ4v) is 2.74. The average Bonchev–Trinajstić information content (AvgIpc) is 2.60. The van der Waals surface area contributed by atoms with Crippen molar-refractivity contribution >= 4 is 47.2 Å². The van der Waals surface area contributed by atoms with Crippen LogP contribution in [0.3, 0.4) is 0 Å². The maximum atomic E-state index is 12.4. The van der Waals surface area contributed by atoms with Crippen molar-refractivity contribution in [1.29, 1.82) is 0 Å². The molecule has 0 radical (unpaired) electrons. The van der Waals surface area contributed by atoms with E-state index in [1.807, 2.05) is 45.0 Å². The molecule has 7 heteroatoms. The number of hydrogen-bond donors (Lipinski definition) is 3. The molecule has 0 spiro atoms. The van der Waals surface area contributed by atoms with Crippen LogP contribution in [0.5, 0.6) is 0 Å². The second-order valence-corrected chi connectivity index (χ2v) is 7.54. The monoisotopic (exact) mass is 423 g/mol. The Bertz CT molecular complexity index is 838. The number of aryl methyl sites for hydroxylation is 1. The van der Waals surface area contributed by atoms with Crippen LogP contribution in [0.15, 0.2) is 42.5 Å². The largest absolute Gasteiger partial charge is 0.399 e. The van der Waals surface area contributed by atoms with Crippen LogP contribution < -0.4 is 16.4 Å². The van der Waals surface area contributed by atoms with Gasteiger partial charge in [0.2, 0.25) is 5.91 Å². The summed E-state index contributed by atoms with van der Waals surface area (Å²) in [5.41, 5.74) is 8.13. The number of nitrogens with two attached hydrogens (primary N) is 1. The zero-order valence-corrected chi connectivity index (χ0v) is 17.9. The van der Waals surface area contributed by atoms with Gasteiger partial charge in [0, 0.05) is 23.3 Å². The van der Waals surface area contributed by atoms with Crippen molar-refractivity contribution in [2.45, 2.75) is 45.6 Å². The lowest BCUT2D eigenvalue weighted by molar-refractivity contribution is -0.116. The first-order chi connectivity index (χ1) is 12.7. The minimum atomic E-state index is -0.313. The van der Waals surface area contributed by atoms with Gasteiger partial charge in [0.15, 0.2) is 0 Å². The van der Waals surface area contributed by atoms with Gasteiger partial charge in [-0.05, 0) is 56.5 Å². The molecule has 0 aliphatic carbocycles. The number of carbonyl (C=O) groups excluding carboxylic acids is 2. The summed E-state index contributed by atoms with van der Waals surface area (Å²) in [6.45, 7) is 5.91. The van der Waals surface area contributed by atoms with Gasteiger partial charge in [-0.2, -0.15) is 0 Å². The van der Waals surface area contributed by atoms with Crippen molar-refractivity contribution < 1.29 is 9.59 Å². The average molecular weight is 424 g/mol. The van der Waals surface area contributed by atoms with Crippen LogP contribution in [0, 0.1) is 0 Å². The van der Waals surface area contributed by atoms with E-state index in [1.54, 1.807) is 18.2 Å². The van der Waals surface area contributed by atoms with Gasteiger partial charge in [-0.25, -0.2) is 0 Å². The molecule has 2 amide bonds. The van der Waals surface area contributed by atoms with Gasteiger partial charge in [0.25, 0.3) is 5.91 Å². The Morgan fingerprint density at radius 1 is 1.14 bits per heavy atom. The molecule has 0 saturated carbocycles. The molecule has 152 valence electrons. The van der Waals surface area contributed by atoms with Gasteiger partial charge in [0.05, 0.1) is 10.6 Å². The minimum absolute atomic E-state index is 0. The maximum absolute atomic E-state index is 12.4. The molecule has 0 aliphatic heterocycles. The number of nitrogens with one attached hydrogen (secondary N) is 2. The molecule has 4 N–H and O–H groups in total. The summed E-state index contributed by atoms with van der Waals surface area (Å²) in [6.07, 6.45) is 1.66. The Morgan fingerprint density at radius 3 is 2.43 bits per heavy atom. The first-order valence-electron chi connectivity index (χ1n) is 8.97. The predicted molar refractivity (Wildman–Crippen MR) is 118 cm³/mol. The van der Waals surface area contributed by atoms with Crippen LogP contribution in [0.25, 0.3) is 0 Å². The predicted octanol–water partition coefficient (Wildman–Crippen LogP) is 4.83. The molecule has 0 bridgehead atoms. The summed E-state index contributed by atoms with van der Waals surface area (Å²) >= 11 is 6.24. The number of rotatable bonds is 7. The van der Waals surface area contributed by atoms with E-state index in [0.717, 1.165) is 12.0 Å². The van der Waals surface area contributed by atoms with Gasteiger partial charge >= 0.3 is 0 Å². The van der Waals surface area contributed by atoms with Gasteiger partial charge < -0.3 is 16.4 Å². The van der Waals surface area contributed by atoms with Crippen molar-refractivity contribution in [1.82, 2.24) is 5.32 Å². The van der Waals surface area contributed by atoms with Crippen molar-refractivity contribution in [2.75, 3.05) is 11.1 Å². The summed E-state index contributed by atoms with van der Waals surface area (Å²) in [5, 5.41) is 6.04. The summed E-state index contributed by atoms with van der Waals surface area (Å²) in [7, 11) is 0. The molecule has 0 saturated heterocycles. The molecule has 0 aromatic heterocycles. The number of halogens is 2. The molecule has 0 atom stereocenters. The lowest BCUT2D eigenvalue weighted by Gasteiger charge is -2.24. The van der Waals surface area contributed by atoms with Gasteiger partial charge in [-0.1, -0.05) is 36.7 Å². The molecule has 2 rings (SSSR count). The first-order valence-corrected chi connectivity index (χ1v) is 9.35. The van der Waals surface area contributed by atoms with Crippen LogP contribution in [0.1, 0.15) is 49.5 Å². The highest BCUT2D eigenvalue weighted by Crippen LogP contribution is 2.22. The standard InChI is InChI=1S/C21H26ClN3O2.ClH/c1-4-21(2,3)25-20(27)16-11-10-15(13-17(16)22)24-19(26)12-9-14-7-5-6-8-18(14)23;/h5-8,10-11,13H,4,9,12,23H2,1-3H3,(H,24,26)(H,25,27);1H. The molecule has 28 heavy (non-hydrogen) atoms. The fourth-order valence-electron chi connectivity index (χ4n) is 2.47. The highest BCUT2D eigenvalue weighted by Gasteiger charge is 2.20. The van der Waals surface area contributed by atoms with E-state index < -0.39 is 0 Å². The summed E-state index contributed by atoms with van der Waals surface area (Å²) in [5.74, 6) is -0.372. The number of nitrogen functional groups attached to an aromatic ring is 1. The second kappa shape index (κ2) is 10.3. The third-order valence-electron chi connectivity index (χ3n) is 4.51. The quantitative estimate of drug-likeness (QED) is 0.557. The number of para-hydroxylation sites is 1. The van der Waals surface area contributed by atoms with E-state index in [-0.39, 0.29) is 29.8 Å². The van der Waals surface area contributed by atoms with Crippen molar-refractivity contribution in [2.24, 2.45) is 0 Å². The van der Waals surface area contributed by atoms with Gasteiger partial charge in [0.1, 0.15) is 0 Å². The Labute approximate surface area is 177 Å². The lowest BCUT2D eigenvalue weighted by Crippen LogP contribution is -2.42. The molecule has 0 aliphatic rings. The molecular weight excluding hydrogens is 397 g/mol. The van der Waals surface area contributed by atoms with Crippen LogP contribution in [0.4, 0.5) is 11.4 Å². The van der Waals surface area contributed by atoms with Gasteiger partial charge in [-0.15, -0.1) is 12.4 Å². The topological polar surface area (TPSA) is 84.2 Å². The number of anilines is 2. The Kier molecular flexibility index (Phi) is 8.79. The van der Waals surface area contributed by atoms with Crippen molar-refractivity contribution in [3.05, 3.63) is 58.6 Å². The van der Waals surface area contributed by atoms with E-state index in [2.05, 4.69) is 10.6 Å². The van der Waals surface area contributed by atoms with Crippen LogP contribution in [-0.2, 0) is 11.2 Å². The van der Waals surface area contributed by atoms with Crippen molar-refractivity contribution in [3.8, 4) is 0 Å². The Balaban J connectivity index is 0.00000392. The Morgan fingerprint density at radius 2 is 1.82 bits per heavy atom. The number of carbonyl (C=O) groups is 2. The van der Waals surface area contributed by atoms with Crippen LogP contribution in [-0.4, -0.2) is 17.4 Å². The van der Waals surface area contributed by atoms with E-state index >= 15 is 0 Å². The molecule has 0 fully saturated rings. The maximum Gasteiger partial charge on any atom is 0.253 e. The zero-order valence-electron chi connectivity index (χ0n) is 16.3. The molecule has 0 unspecified atom stereocenters. The molecule has 2 aromatic carbocycles. The van der Waals surface area contributed by atoms with Crippen LogP contribution >= 0.6 is 24.0 Å². The van der Waals surface area contributed by atoms with E-state index in [4.69, 9.17) is 17.3 Å². The lowest BCUT2D eigenvalue weighted by atomic mass is 10.0. The Hall–Kier alpha value is -2.24. The van der Waals surface area contributed by atoms with Crippen LogP contribution in [0.2, 0.25) is 5.02 Å². The SMILES string of the molecule is CCC(C)(C)NC(=O)c1ccc(NC(=O)CCc2ccccc2N)cc1Cl.Cl. The summed E-state index contributed by atoms with van der Waals surface area (Å²) in [4.78, 5) is 24.5. The highest BCUT2D eigenvalue weighted by molar-refractivity contribution is 6.34. The van der Waals surface area contributed by atoms with Gasteiger partial charge in [-0.3, -0.25) is 9.59 Å². The second-order valence-electron chi connectivity index (χ2n) is 7.13. The highest BCUT2D eigenvalue weighted by atomic mass is 35.5. The fraction of sp³-hybridized carbons (Fsp3) is 0.333. The third kappa shape index (κ3) is 6.73. The summed E-state index contributed by atoms with van der Waals surface area (Å²) in [6, 6.07) is 12.4. The number of amides is 2. The zero-order chi connectivity index (χ0) is 20.0. The minimum Gasteiger partial charge on any atom is -0.399 e. The molecule has 5 nitrogen and oxygen atoms in total. The van der Waals surface area contributed by atoms with Crippen molar-refractivity contribution in [3.63, 3.8) is 0 Å². The molecular formula is C21H27Cl2N3O2.